The molecule has 0 unspecified atom stereocenters. The monoisotopic (exact) mass is 278 g/mol. The summed E-state index contributed by atoms with van der Waals surface area (Å²) in [5, 5.41) is 17.5. The molecule has 1 heterocycles. The van der Waals surface area contributed by atoms with Gasteiger partial charge in [0.15, 0.2) is 0 Å². The van der Waals surface area contributed by atoms with Crippen molar-refractivity contribution >= 4 is 17.3 Å². The van der Waals surface area contributed by atoms with Gasteiger partial charge < -0.3 is 10.6 Å². The molecule has 0 aromatic carbocycles. The molecule has 0 radical (unpaired) electrons. The van der Waals surface area contributed by atoms with Crippen LogP contribution in [0.4, 0.5) is 17.3 Å². The van der Waals surface area contributed by atoms with Crippen molar-refractivity contribution in [3.05, 3.63) is 22.2 Å². The summed E-state index contributed by atoms with van der Waals surface area (Å²) < 4.78 is 0. The molecular formula is C14H22N4O2. The van der Waals surface area contributed by atoms with Crippen LogP contribution in [-0.2, 0) is 0 Å². The SMILES string of the molecule is CCNc1ccc([N+](=O)[O-])c(NC2CCCCCC2)n1. The highest BCUT2D eigenvalue weighted by Crippen LogP contribution is 2.27. The largest absolute Gasteiger partial charge is 0.370 e. The lowest BCUT2D eigenvalue weighted by molar-refractivity contribution is -0.384. The van der Waals surface area contributed by atoms with Crippen LogP contribution in [-0.4, -0.2) is 22.5 Å². The van der Waals surface area contributed by atoms with E-state index in [2.05, 4.69) is 15.6 Å². The Balaban J connectivity index is 2.17. The molecule has 110 valence electrons. The van der Waals surface area contributed by atoms with Gasteiger partial charge in [-0.15, -0.1) is 0 Å². The van der Waals surface area contributed by atoms with Crippen LogP contribution in [0.2, 0.25) is 0 Å². The third-order valence-electron chi connectivity index (χ3n) is 3.62. The van der Waals surface area contributed by atoms with Crippen LogP contribution in [0.15, 0.2) is 12.1 Å². The van der Waals surface area contributed by atoms with E-state index in [0.717, 1.165) is 19.4 Å². The van der Waals surface area contributed by atoms with Crippen LogP contribution >= 0.6 is 0 Å². The van der Waals surface area contributed by atoms with Gasteiger partial charge >= 0.3 is 5.69 Å². The average molecular weight is 278 g/mol. The van der Waals surface area contributed by atoms with Gasteiger partial charge in [-0.05, 0) is 25.8 Å². The van der Waals surface area contributed by atoms with E-state index < -0.39 is 0 Å². The van der Waals surface area contributed by atoms with Gasteiger partial charge in [0.25, 0.3) is 0 Å². The molecule has 1 saturated carbocycles. The Morgan fingerprint density at radius 1 is 1.30 bits per heavy atom. The summed E-state index contributed by atoms with van der Waals surface area (Å²) in [5.41, 5.74) is 0.0518. The number of anilines is 2. The molecule has 6 nitrogen and oxygen atoms in total. The molecule has 0 saturated heterocycles. The third-order valence-corrected chi connectivity index (χ3v) is 3.62. The van der Waals surface area contributed by atoms with Crippen LogP contribution in [0.5, 0.6) is 0 Å². The van der Waals surface area contributed by atoms with Crippen LogP contribution in [0.3, 0.4) is 0 Å². The smallest absolute Gasteiger partial charge is 0.311 e. The number of hydrogen-bond donors (Lipinski definition) is 2. The van der Waals surface area contributed by atoms with Crippen LogP contribution in [0.25, 0.3) is 0 Å². The van der Waals surface area contributed by atoms with E-state index >= 15 is 0 Å². The molecular weight excluding hydrogens is 256 g/mol. The minimum Gasteiger partial charge on any atom is -0.370 e. The summed E-state index contributed by atoms with van der Waals surface area (Å²) in [4.78, 5) is 15.1. The van der Waals surface area contributed by atoms with E-state index in [9.17, 15) is 10.1 Å². The molecule has 1 aromatic heterocycles. The van der Waals surface area contributed by atoms with Gasteiger partial charge in [-0.1, -0.05) is 25.7 Å². The number of nitrogens with one attached hydrogen (secondary N) is 2. The van der Waals surface area contributed by atoms with Crippen molar-refractivity contribution in [2.45, 2.75) is 51.5 Å². The van der Waals surface area contributed by atoms with E-state index in [1.807, 2.05) is 6.92 Å². The van der Waals surface area contributed by atoms with Gasteiger partial charge in [-0.2, -0.15) is 0 Å². The maximum absolute atomic E-state index is 11.1. The molecule has 1 aliphatic rings. The highest BCUT2D eigenvalue weighted by atomic mass is 16.6. The highest BCUT2D eigenvalue weighted by molar-refractivity contribution is 5.60. The quantitative estimate of drug-likeness (QED) is 0.489. The van der Waals surface area contributed by atoms with E-state index in [-0.39, 0.29) is 10.6 Å². The molecule has 20 heavy (non-hydrogen) atoms. The number of nitro groups is 1. The summed E-state index contributed by atoms with van der Waals surface area (Å²) >= 11 is 0. The molecule has 1 aromatic rings. The predicted molar refractivity (Wildman–Crippen MR) is 80.2 cm³/mol. The summed E-state index contributed by atoms with van der Waals surface area (Å²) in [5.74, 6) is 1.06. The average Bonchev–Trinajstić information content (AvgIpc) is 2.68. The Hall–Kier alpha value is -1.85. The maximum atomic E-state index is 11.1. The standard InChI is InChI=1S/C14H22N4O2/c1-2-15-13-10-9-12(18(19)20)14(17-13)16-11-7-5-3-4-6-8-11/h9-11H,2-8H2,1H3,(H2,15,16,17). The van der Waals surface area contributed by atoms with Crippen LogP contribution < -0.4 is 10.6 Å². The Bertz CT molecular complexity index is 456. The topological polar surface area (TPSA) is 80.1 Å². The summed E-state index contributed by atoms with van der Waals surface area (Å²) in [6.07, 6.45) is 6.99. The second-order valence-corrected chi connectivity index (χ2v) is 5.18. The molecule has 0 bridgehead atoms. The first kappa shape index (κ1) is 14.6. The van der Waals surface area contributed by atoms with Crippen molar-refractivity contribution in [3.8, 4) is 0 Å². The van der Waals surface area contributed by atoms with Crippen LogP contribution in [0.1, 0.15) is 45.4 Å². The van der Waals surface area contributed by atoms with Crippen molar-refractivity contribution in [2.24, 2.45) is 0 Å². The fourth-order valence-electron chi connectivity index (χ4n) is 2.60. The third kappa shape index (κ3) is 3.82. The van der Waals surface area contributed by atoms with Gasteiger partial charge in [0, 0.05) is 18.7 Å². The fourth-order valence-corrected chi connectivity index (χ4v) is 2.60. The molecule has 2 rings (SSSR count). The lowest BCUT2D eigenvalue weighted by atomic mass is 10.1. The molecule has 1 aliphatic carbocycles. The fraction of sp³-hybridized carbons (Fsp3) is 0.643. The zero-order chi connectivity index (χ0) is 14.4. The van der Waals surface area contributed by atoms with Crippen molar-refractivity contribution < 1.29 is 4.92 Å². The molecule has 0 atom stereocenters. The van der Waals surface area contributed by atoms with Gasteiger partial charge in [-0.25, -0.2) is 4.98 Å². The molecule has 0 aliphatic heterocycles. The minimum absolute atomic E-state index is 0.0518. The van der Waals surface area contributed by atoms with Gasteiger partial charge in [0.1, 0.15) is 5.82 Å². The van der Waals surface area contributed by atoms with Gasteiger partial charge in [-0.3, -0.25) is 10.1 Å². The van der Waals surface area contributed by atoms with Crippen molar-refractivity contribution in [1.29, 1.82) is 0 Å². The highest BCUT2D eigenvalue weighted by Gasteiger charge is 2.20. The second kappa shape index (κ2) is 7.07. The molecule has 6 heteroatoms. The summed E-state index contributed by atoms with van der Waals surface area (Å²) in [6, 6.07) is 3.46. The molecule has 0 amide bonds. The summed E-state index contributed by atoms with van der Waals surface area (Å²) in [7, 11) is 0. The van der Waals surface area contributed by atoms with E-state index in [0.29, 0.717) is 17.7 Å². The van der Waals surface area contributed by atoms with Gasteiger partial charge in [0.05, 0.1) is 4.92 Å². The number of rotatable bonds is 5. The van der Waals surface area contributed by atoms with E-state index in [4.69, 9.17) is 0 Å². The lowest BCUT2D eigenvalue weighted by Gasteiger charge is -2.17. The first-order valence-corrected chi connectivity index (χ1v) is 7.36. The van der Waals surface area contributed by atoms with E-state index in [1.165, 1.54) is 31.7 Å². The predicted octanol–water partition coefficient (Wildman–Crippen LogP) is 3.56. The first-order valence-electron chi connectivity index (χ1n) is 7.36. The van der Waals surface area contributed by atoms with Crippen molar-refractivity contribution in [3.63, 3.8) is 0 Å². The van der Waals surface area contributed by atoms with Crippen LogP contribution in [0, 0.1) is 10.1 Å². The lowest BCUT2D eigenvalue weighted by Crippen LogP contribution is -2.20. The second-order valence-electron chi connectivity index (χ2n) is 5.18. The number of hydrogen-bond acceptors (Lipinski definition) is 5. The Morgan fingerprint density at radius 2 is 2.00 bits per heavy atom. The molecule has 0 spiro atoms. The minimum atomic E-state index is -0.373. The van der Waals surface area contributed by atoms with E-state index in [1.54, 1.807) is 6.07 Å². The number of aromatic nitrogens is 1. The van der Waals surface area contributed by atoms with Gasteiger partial charge in [0.2, 0.25) is 5.82 Å². The Morgan fingerprint density at radius 3 is 2.60 bits per heavy atom. The molecule has 1 fully saturated rings. The first-order chi connectivity index (χ1) is 9.70. The maximum Gasteiger partial charge on any atom is 0.311 e. The molecule has 2 N–H and O–H groups in total. The zero-order valence-corrected chi connectivity index (χ0v) is 11.9. The number of pyridine rings is 1. The summed E-state index contributed by atoms with van der Waals surface area (Å²) in [6.45, 7) is 2.72. The normalized spacial score (nSPS) is 16.4. The Labute approximate surface area is 119 Å². The van der Waals surface area contributed by atoms with Crippen molar-refractivity contribution in [2.75, 3.05) is 17.2 Å². The van der Waals surface area contributed by atoms with Crippen molar-refractivity contribution in [1.82, 2.24) is 4.98 Å². The zero-order valence-electron chi connectivity index (χ0n) is 11.9. The Kier molecular flexibility index (Phi) is 5.15. The number of nitrogens with zero attached hydrogens (tertiary/aromatic N) is 2.